The van der Waals surface area contributed by atoms with Crippen molar-refractivity contribution in [2.45, 2.75) is 12.8 Å². The van der Waals surface area contributed by atoms with Crippen molar-refractivity contribution in [3.63, 3.8) is 0 Å². The van der Waals surface area contributed by atoms with Crippen molar-refractivity contribution in [2.75, 3.05) is 0 Å². The summed E-state index contributed by atoms with van der Waals surface area (Å²) in [5.41, 5.74) is 3.11. The van der Waals surface area contributed by atoms with Crippen LogP contribution in [0.2, 0.25) is 0 Å². The molecule has 20 heavy (non-hydrogen) atoms. The minimum absolute atomic E-state index is 0.274. The Morgan fingerprint density at radius 3 is 2.65 bits per heavy atom. The number of aryl methyl sites for hydroxylation is 2. The molecule has 4 heteroatoms. The molecule has 0 aliphatic carbocycles. The molecule has 2 N–H and O–H groups in total. The molecule has 0 amide bonds. The van der Waals surface area contributed by atoms with Gasteiger partial charge in [0.25, 0.3) is 0 Å². The van der Waals surface area contributed by atoms with Crippen LogP contribution in [0.5, 0.6) is 0 Å². The number of nitrogens with zero attached hydrogens (tertiary/aromatic N) is 1. The Morgan fingerprint density at radius 2 is 1.90 bits per heavy atom. The van der Waals surface area contributed by atoms with Gasteiger partial charge in [-0.25, -0.2) is 9.78 Å². The average molecular weight is 266 g/mol. The summed E-state index contributed by atoms with van der Waals surface area (Å²) in [6, 6.07) is 15.2. The van der Waals surface area contributed by atoms with Gasteiger partial charge in [0.15, 0.2) is 0 Å². The molecule has 0 aliphatic heterocycles. The Morgan fingerprint density at radius 1 is 1.10 bits per heavy atom. The van der Waals surface area contributed by atoms with E-state index in [9.17, 15) is 4.79 Å². The zero-order valence-corrected chi connectivity index (χ0v) is 10.8. The second kappa shape index (κ2) is 5.17. The molecular formula is C16H14N2O2. The van der Waals surface area contributed by atoms with Crippen molar-refractivity contribution >= 4 is 17.0 Å². The predicted octanol–water partition coefficient (Wildman–Crippen LogP) is 3.05. The van der Waals surface area contributed by atoms with Crippen LogP contribution >= 0.6 is 0 Å². The predicted molar refractivity (Wildman–Crippen MR) is 76.9 cm³/mol. The lowest BCUT2D eigenvalue weighted by molar-refractivity contribution is 0.0697. The van der Waals surface area contributed by atoms with Crippen LogP contribution in [0, 0.1) is 0 Å². The van der Waals surface area contributed by atoms with Crippen LogP contribution < -0.4 is 0 Å². The second-order valence-electron chi connectivity index (χ2n) is 4.71. The Kier molecular flexibility index (Phi) is 3.21. The van der Waals surface area contributed by atoms with Crippen molar-refractivity contribution in [3.05, 3.63) is 65.5 Å². The lowest BCUT2D eigenvalue weighted by Crippen LogP contribution is -1.94. The molecule has 100 valence electrons. The second-order valence-corrected chi connectivity index (χ2v) is 4.71. The lowest BCUT2D eigenvalue weighted by atomic mass is 10.1. The summed E-state index contributed by atoms with van der Waals surface area (Å²) in [5, 5.41) is 8.97. The van der Waals surface area contributed by atoms with Gasteiger partial charge in [-0.1, -0.05) is 30.3 Å². The number of fused-ring (bicyclic) bond motifs is 1. The summed E-state index contributed by atoms with van der Waals surface area (Å²) in [7, 11) is 0. The fourth-order valence-corrected chi connectivity index (χ4v) is 2.22. The van der Waals surface area contributed by atoms with Crippen LogP contribution in [0.3, 0.4) is 0 Å². The molecule has 0 bridgehead atoms. The number of aromatic carboxylic acids is 1. The fourth-order valence-electron chi connectivity index (χ4n) is 2.22. The van der Waals surface area contributed by atoms with Gasteiger partial charge in [-0.15, -0.1) is 0 Å². The number of rotatable bonds is 4. The highest BCUT2D eigenvalue weighted by molar-refractivity contribution is 5.92. The smallest absolute Gasteiger partial charge is 0.335 e. The maximum atomic E-state index is 10.9. The summed E-state index contributed by atoms with van der Waals surface area (Å²) < 4.78 is 0. The average Bonchev–Trinajstić information content (AvgIpc) is 2.88. The number of benzene rings is 2. The van der Waals surface area contributed by atoms with Gasteiger partial charge in [0.05, 0.1) is 16.6 Å². The molecule has 1 aromatic heterocycles. The van der Waals surface area contributed by atoms with E-state index in [0.29, 0.717) is 0 Å². The van der Waals surface area contributed by atoms with E-state index in [1.807, 2.05) is 18.2 Å². The third-order valence-corrected chi connectivity index (χ3v) is 3.27. The van der Waals surface area contributed by atoms with E-state index in [1.54, 1.807) is 18.2 Å². The number of aromatic amines is 1. The molecule has 0 atom stereocenters. The largest absolute Gasteiger partial charge is 0.478 e. The van der Waals surface area contributed by atoms with Gasteiger partial charge in [-0.05, 0) is 30.2 Å². The third-order valence-electron chi connectivity index (χ3n) is 3.27. The molecule has 0 unspecified atom stereocenters. The van der Waals surface area contributed by atoms with Crippen molar-refractivity contribution < 1.29 is 9.90 Å². The van der Waals surface area contributed by atoms with E-state index >= 15 is 0 Å². The number of imidazole rings is 1. The van der Waals surface area contributed by atoms with E-state index in [2.05, 4.69) is 22.1 Å². The van der Waals surface area contributed by atoms with Gasteiger partial charge in [0, 0.05) is 6.42 Å². The van der Waals surface area contributed by atoms with Crippen LogP contribution in [0.25, 0.3) is 11.0 Å². The minimum Gasteiger partial charge on any atom is -0.478 e. The first-order valence-electron chi connectivity index (χ1n) is 6.48. The summed E-state index contributed by atoms with van der Waals surface area (Å²) in [5.74, 6) is -0.0428. The van der Waals surface area contributed by atoms with Crippen LogP contribution in [0.15, 0.2) is 48.5 Å². The summed E-state index contributed by atoms with van der Waals surface area (Å²) in [6.45, 7) is 0. The van der Waals surface area contributed by atoms with E-state index in [1.165, 1.54) is 5.56 Å². The number of hydrogen-bond donors (Lipinski definition) is 2. The summed E-state index contributed by atoms with van der Waals surface area (Å²) in [4.78, 5) is 18.6. The molecule has 0 radical (unpaired) electrons. The number of carboxylic acids is 1. The number of carbonyl (C=O) groups is 1. The maximum absolute atomic E-state index is 10.9. The van der Waals surface area contributed by atoms with Crippen LogP contribution in [-0.2, 0) is 12.8 Å². The third kappa shape index (κ3) is 2.54. The molecule has 4 nitrogen and oxygen atoms in total. The van der Waals surface area contributed by atoms with Gasteiger partial charge in [0.1, 0.15) is 5.82 Å². The Hall–Kier alpha value is -2.62. The number of carboxylic acid groups (broad SMARTS) is 1. The Bertz CT molecular complexity index is 748. The first-order valence-corrected chi connectivity index (χ1v) is 6.48. The Balaban J connectivity index is 1.80. The molecule has 0 saturated heterocycles. The molecule has 0 fully saturated rings. The van der Waals surface area contributed by atoms with Crippen molar-refractivity contribution in [1.82, 2.24) is 9.97 Å². The summed E-state index contributed by atoms with van der Waals surface area (Å²) in [6.07, 6.45) is 1.72. The SMILES string of the molecule is O=C(O)c1ccc2nc(CCc3ccccc3)[nH]c2c1. The summed E-state index contributed by atoms with van der Waals surface area (Å²) >= 11 is 0. The molecule has 3 aromatic rings. The van der Waals surface area contributed by atoms with Crippen LogP contribution in [0.1, 0.15) is 21.7 Å². The van der Waals surface area contributed by atoms with Gasteiger partial charge in [-0.2, -0.15) is 0 Å². The highest BCUT2D eigenvalue weighted by Crippen LogP contribution is 2.15. The van der Waals surface area contributed by atoms with E-state index < -0.39 is 5.97 Å². The molecule has 0 saturated carbocycles. The van der Waals surface area contributed by atoms with E-state index in [4.69, 9.17) is 5.11 Å². The van der Waals surface area contributed by atoms with Crippen molar-refractivity contribution in [3.8, 4) is 0 Å². The number of aromatic nitrogens is 2. The molecule has 0 spiro atoms. The highest BCUT2D eigenvalue weighted by Gasteiger charge is 2.07. The number of nitrogens with one attached hydrogen (secondary N) is 1. The van der Waals surface area contributed by atoms with Gasteiger partial charge >= 0.3 is 5.97 Å². The Labute approximate surface area is 116 Å². The minimum atomic E-state index is -0.924. The van der Waals surface area contributed by atoms with Gasteiger partial charge in [0.2, 0.25) is 0 Å². The number of H-pyrrole nitrogens is 1. The van der Waals surface area contributed by atoms with Crippen LogP contribution in [0.4, 0.5) is 0 Å². The molecule has 3 rings (SSSR count). The normalized spacial score (nSPS) is 10.8. The molecule has 2 aromatic carbocycles. The molecule has 0 aliphatic rings. The van der Waals surface area contributed by atoms with Gasteiger partial charge < -0.3 is 10.1 Å². The van der Waals surface area contributed by atoms with Crippen molar-refractivity contribution in [2.24, 2.45) is 0 Å². The van der Waals surface area contributed by atoms with Gasteiger partial charge in [-0.3, -0.25) is 0 Å². The van der Waals surface area contributed by atoms with E-state index in [0.717, 1.165) is 29.7 Å². The number of hydrogen-bond acceptors (Lipinski definition) is 2. The molecule has 1 heterocycles. The zero-order valence-electron chi connectivity index (χ0n) is 10.8. The van der Waals surface area contributed by atoms with Crippen LogP contribution in [-0.4, -0.2) is 21.0 Å². The van der Waals surface area contributed by atoms with Crippen molar-refractivity contribution in [1.29, 1.82) is 0 Å². The monoisotopic (exact) mass is 266 g/mol. The first-order chi connectivity index (χ1) is 9.72. The maximum Gasteiger partial charge on any atom is 0.335 e. The quantitative estimate of drug-likeness (QED) is 0.762. The highest BCUT2D eigenvalue weighted by atomic mass is 16.4. The topological polar surface area (TPSA) is 66.0 Å². The molecular weight excluding hydrogens is 252 g/mol. The first kappa shape index (κ1) is 12.4. The standard InChI is InChI=1S/C16H14N2O2/c19-16(20)12-7-8-13-14(10-12)18-15(17-13)9-6-11-4-2-1-3-5-11/h1-5,7-8,10H,6,9H2,(H,17,18)(H,19,20). The fraction of sp³-hybridized carbons (Fsp3) is 0.125. The zero-order chi connectivity index (χ0) is 13.9. The van der Waals surface area contributed by atoms with E-state index in [-0.39, 0.29) is 5.56 Å². The lowest BCUT2D eigenvalue weighted by Gasteiger charge is -1.97.